The Balaban J connectivity index is 1.74. The third-order valence-corrected chi connectivity index (χ3v) is 7.20. The van der Waals surface area contributed by atoms with E-state index in [1.54, 1.807) is 0 Å². The molecule has 0 atom stereocenters. The lowest BCUT2D eigenvalue weighted by Crippen LogP contribution is -2.14. The number of halogens is 4. The molecule has 0 bridgehead atoms. The van der Waals surface area contributed by atoms with Crippen LogP contribution in [-0.2, 0) is 12.8 Å². The summed E-state index contributed by atoms with van der Waals surface area (Å²) < 4.78 is 68.1. The molecule has 0 N–H and O–H groups in total. The third kappa shape index (κ3) is 12.3. The minimum Gasteiger partial charge on any atom is -0.524 e. The summed E-state index contributed by atoms with van der Waals surface area (Å²) in [6.45, 7) is 4.37. The molecule has 0 saturated heterocycles. The molecule has 0 amide bonds. The highest BCUT2D eigenvalue weighted by molar-refractivity contribution is 6.20. The average Bonchev–Trinajstić information content (AvgIpc) is 2.94. The molecule has 1 radical (unpaired) electrons. The zero-order valence-electron chi connectivity index (χ0n) is 23.9. The van der Waals surface area contributed by atoms with Crippen LogP contribution in [0, 0.1) is 23.3 Å². The lowest BCUT2D eigenvalue weighted by Gasteiger charge is -2.12. The summed E-state index contributed by atoms with van der Waals surface area (Å²) in [6.07, 6.45) is 18.9. The summed E-state index contributed by atoms with van der Waals surface area (Å²) in [5.74, 6) is -4.91. The van der Waals surface area contributed by atoms with Gasteiger partial charge in [0, 0.05) is 0 Å². The first kappa shape index (κ1) is 33.0. The molecular formula is C32H46BF4O2. The fraction of sp³-hybridized carbons (Fsp3) is 0.625. The number of hydrogen-bond donors (Lipinski definition) is 0. The van der Waals surface area contributed by atoms with Gasteiger partial charge in [-0.3, -0.25) is 0 Å². The topological polar surface area (TPSA) is 18.5 Å². The summed E-state index contributed by atoms with van der Waals surface area (Å²) in [4.78, 5) is 0. The van der Waals surface area contributed by atoms with Crippen LogP contribution in [0.15, 0.2) is 24.3 Å². The molecule has 217 valence electrons. The Morgan fingerprint density at radius 1 is 0.462 bits per heavy atom. The Morgan fingerprint density at radius 3 is 1.15 bits per heavy atom. The van der Waals surface area contributed by atoms with Crippen molar-refractivity contribution in [1.29, 1.82) is 0 Å². The van der Waals surface area contributed by atoms with Crippen molar-refractivity contribution in [3.63, 3.8) is 0 Å². The fourth-order valence-corrected chi connectivity index (χ4v) is 4.74. The van der Waals surface area contributed by atoms with Gasteiger partial charge in [0.25, 0.3) is 0 Å². The number of benzene rings is 2. The van der Waals surface area contributed by atoms with Crippen molar-refractivity contribution >= 4 is 7.69 Å². The molecular weight excluding hydrogens is 503 g/mol. The Bertz CT molecular complexity index is 879. The molecule has 2 aromatic carbocycles. The monoisotopic (exact) mass is 549 g/mol. The van der Waals surface area contributed by atoms with E-state index in [1.165, 1.54) is 88.5 Å². The van der Waals surface area contributed by atoms with Gasteiger partial charge in [0.2, 0.25) is 0 Å². The fourth-order valence-electron chi connectivity index (χ4n) is 4.74. The van der Waals surface area contributed by atoms with Gasteiger partial charge in [-0.25, -0.2) is 8.78 Å². The van der Waals surface area contributed by atoms with Crippen molar-refractivity contribution in [1.82, 2.24) is 0 Å². The molecule has 0 aromatic heterocycles. The van der Waals surface area contributed by atoms with Gasteiger partial charge in [0.1, 0.15) is 11.5 Å². The summed E-state index contributed by atoms with van der Waals surface area (Å²) in [6, 6.07) is 5.62. The van der Waals surface area contributed by atoms with Crippen molar-refractivity contribution in [3.8, 4) is 11.5 Å². The van der Waals surface area contributed by atoms with Crippen molar-refractivity contribution in [2.45, 2.75) is 129 Å². The molecule has 0 heterocycles. The van der Waals surface area contributed by atoms with Gasteiger partial charge in [-0.15, -0.1) is 0 Å². The van der Waals surface area contributed by atoms with E-state index < -0.39 is 23.3 Å². The smallest absolute Gasteiger partial charge is 0.524 e. The van der Waals surface area contributed by atoms with E-state index in [-0.39, 0.29) is 11.5 Å². The number of unbranched alkanes of at least 4 members (excludes halogenated alkanes) is 14. The SMILES string of the molecule is CCCCCCCCCCc1ccc(O[B]Oc2ccc(CCCCCCCCCC)c(F)c2F)c(F)c1F. The molecule has 0 unspecified atom stereocenters. The Morgan fingerprint density at radius 2 is 0.795 bits per heavy atom. The number of rotatable bonds is 22. The van der Waals surface area contributed by atoms with Gasteiger partial charge in [-0.2, -0.15) is 8.78 Å². The van der Waals surface area contributed by atoms with Gasteiger partial charge >= 0.3 is 7.69 Å². The lowest BCUT2D eigenvalue weighted by atomic mass is 10.0. The van der Waals surface area contributed by atoms with Gasteiger partial charge in [0.05, 0.1) is 0 Å². The third-order valence-electron chi connectivity index (χ3n) is 7.20. The second kappa shape index (κ2) is 19.8. The van der Waals surface area contributed by atoms with Crippen molar-refractivity contribution < 1.29 is 26.9 Å². The summed E-state index contributed by atoms with van der Waals surface area (Å²) in [7, 11) is 0.687. The van der Waals surface area contributed by atoms with Crippen molar-refractivity contribution in [3.05, 3.63) is 58.7 Å². The van der Waals surface area contributed by atoms with Crippen LogP contribution in [0.4, 0.5) is 17.6 Å². The molecule has 2 rings (SSSR count). The second-order valence-electron chi connectivity index (χ2n) is 10.5. The molecule has 2 nitrogen and oxygen atoms in total. The highest BCUT2D eigenvalue weighted by atomic mass is 19.2. The first-order valence-corrected chi connectivity index (χ1v) is 15.1. The predicted molar refractivity (Wildman–Crippen MR) is 152 cm³/mol. The highest BCUT2D eigenvalue weighted by Crippen LogP contribution is 2.26. The maximum absolute atomic E-state index is 14.5. The van der Waals surface area contributed by atoms with E-state index in [0.29, 0.717) is 31.7 Å². The molecule has 0 fully saturated rings. The molecule has 0 aliphatic carbocycles. The van der Waals surface area contributed by atoms with Gasteiger partial charge < -0.3 is 9.31 Å². The molecule has 0 aliphatic heterocycles. The van der Waals surface area contributed by atoms with Crippen molar-refractivity contribution in [2.24, 2.45) is 0 Å². The van der Waals surface area contributed by atoms with Crippen LogP contribution in [0.3, 0.4) is 0 Å². The zero-order chi connectivity index (χ0) is 28.3. The standard InChI is InChI=1S/C32H46BF4O2/c1-3-5-7-9-11-13-15-17-19-25-21-23-27(31(36)29(25)34)38-33-39-28-24-22-26(30(35)32(28)37)20-18-16-14-12-10-8-6-4-2/h21-24H,3-20H2,1-2H3. The first-order chi connectivity index (χ1) is 19.0. The Kier molecular flexibility index (Phi) is 16.8. The minimum absolute atomic E-state index is 0.298. The first-order valence-electron chi connectivity index (χ1n) is 15.1. The van der Waals surface area contributed by atoms with Crippen LogP contribution in [-0.4, -0.2) is 7.69 Å². The van der Waals surface area contributed by atoms with Crippen LogP contribution >= 0.6 is 0 Å². The number of hydrogen-bond acceptors (Lipinski definition) is 2. The van der Waals surface area contributed by atoms with Crippen LogP contribution in [0.1, 0.15) is 128 Å². The van der Waals surface area contributed by atoms with Gasteiger partial charge in [0.15, 0.2) is 23.3 Å². The maximum Gasteiger partial charge on any atom is 0.658 e. The molecule has 0 saturated carbocycles. The summed E-state index contributed by atoms with van der Waals surface area (Å²) in [5.41, 5.74) is 0.596. The van der Waals surface area contributed by atoms with E-state index in [1.807, 2.05) is 0 Å². The lowest BCUT2D eigenvalue weighted by molar-refractivity contribution is 0.396. The van der Waals surface area contributed by atoms with Crippen molar-refractivity contribution in [2.75, 3.05) is 0 Å². The van der Waals surface area contributed by atoms with Crippen LogP contribution in [0.25, 0.3) is 0 Å². The van der Waals surface area contributed by atoms with Crippen LogP contribution in [0.2, 0.25) is 0 Å². The van der Waals surface area contributed by atoms with Gasteiger partial charge in [-0.05, 0) is 48.9 Å². The second-order valence-corrected chi connectivity index (χ2v) is 10.5. The van der Waals surface area contributed by atoms with E-state index in [9.17, 15) is 17.6 Å². The Hall–Kier alpha value is -2.18. The molecule has 7 heteroatoms. The zero-order valence-corrected chi connectivity index (χ0v) is 23.9. The largest absolute Gasteiger partial charge is 0.658 e. The van der Waals surface area contributed by atoms with E-state index in [2.05, 4.69) is 13.8 Å². The average molecular weight is 550 g/mol. The molecule has 0 spiro atoms. The van der Waals surface area contributed by atoms with Crippen LogP contribution in [0.5, 0.6) is 11.5 Å². The van der Waals surface area contributed by atoms with Gasteiger partial charge in [-0.1, -0.05) is 116 Å². The predicted octanol–water partition coefficient (Wildman–Crippen LogP) is 10.6. The quantitative estimate of drug-likeness (QED) is 0.0826. The normalized spacial score (nSPS) is 11.1. The minimum atomic E-state index is -1.13. The highest BCUT2D eigenvalue weighted by Gasteiger charge is 2.18. The van der Waals surface area contributed by atoms with E-state index in [4.69, 9.17) is 9.31 Å². The summed E-state index contributed by atoms with van der Waals surface area (Å²) >= 11 is 0. The Labute approximate surface area is 234 Å². The molecule has 2 aromatic rings. The van der Waals surface area contributed by atoms with E-state index >= 15 is 0 Å². The maximum atomic E-state index is 14.5. The number of aryl methyl sites for hydroxylation is 2. The summed E-state index contributed by atoms with van der Waals surface area (Å²) in [5, 5.41) is 0. The van der Waals surface area contributed by atoms with E-state index in [0.717, 1.165) is 38.5 Å². The molecule has 39 heavy (non-hydrogen) atoms. The van der Waals surface area contributed by atoms with Crippen LogP contribution < -0.4 is 9.31 Å². The molecule has 0 aliphatic rings.